The second-order valence-electron chi connectivity index (χ2n) is 18.1. The van der Waals surface area contributed by atoms with Gasteiger partial charge in [-0.05, 0) is 98.3 Å². The maximum atomic E-state index is 13.7. The number of carbonyl (C=O) groups excluding carboxylic acids is 1. The van der Waals surface area contributed by atoms with Gasteiger partial charge in [-0.15, -0.1) is 45.3 Å². The standard InChI is InChI=1S/C53H28N6OS6/c1-52(2)34-15-24-17-39(29-10-7-11-36-45(29)58-65-56-36)61-37(24)19-31(34)48-42(52)50-51(63-48)43-49(64-50)32-20-38-25(16-35(32)53(43,3)4)18-40(62-38)30-13-12-23(44-46(30)59-66-57-44)14-33-41(26(21-54)22-55)27-8-5-6-9-28(27)47(33)60/h5-20H,1-4H3/b33-14-. The highest BCUT2D eigenvalue weighted by molar-refractivity contribution is 7.32. The van der Waals surface area contributed by atoms with E-state index < -0.39 is 0 Å². The van der Waals surface area contributed by atoms with E-state index in [1.165, 1.54) is 89.3 Å². The van der Waals surface area contributed by atoms with E-state index in [9.17, 15) is 15.3 Å². The number of nitrogens with zero attached hydrogens (tertiary/aromatic N) is 6. The van der Waals surface area contributed by atoms with Crippen LogP contribution in [0.15, 0.2) is 102 Å². The SMILES string of the molecule is CC1(C)c2cc3cc(-c4cccc5nsnc45)sc3cc2-c2sc3c4c(sc3c21)-c1cc2sc(-c3ccc(/C=C5\C(=O)c6ccccc6C5=C(C#N)C#N)c5nsnc35)cc2cc1C4(C)C. The first-order valence-corrected chi connectivity index (χ1v) is 25.9. The van der Waals surface area contributed by atoms with Gasteiger partial charge in [-0.3, -0.25) is 4.79 Å². The topological polar surface area (TPSA) is 116 Å². The smallest absolute Gasteiger partial charge is 0.194 e. The summed E-state index contributed by atoms with van der Waals surface area (Å²) in [6, 6.07) is 35.8. The molecule has 13 heteroatoms. The van der Waals surface area contributed by atoms with Crippen molar-refractivity contribution in [3.63, 3.8) is 0 Å². The predicted molar refractivity (Wildman–Crippen MR) is 275 cm³/mol. The number of allylic oxidation sites excluding steroid dienone is 3. The first-order chi connectivity index (χ1) is 32.0. The highest BCUT2D eigenvalue weighted by Gasteiger charge is 2.45. The Bertz CT molecular complexity index is 4220. The van der Waals surface area contributed by atoms with E-state index in [4.69, 9.17) is 8.75 Å². The second-order valence-corrected chi connectivity index (χ2v) is 23.4. The molecule has 3 aliphatic carbocycles. The van der Waals surface area contributed by atoms with Crippen LogP contribution in [0.4, 0.5) is 0 Å². The number of Topliss-reactive ketones (excluding diaryl/α,β-unsaturated/α-hetero) is 1. The number of hydrogen-bond acceptors (Lipinski definition) is 13. The highest BCUT2D eigenvalue weighted by atomic mass is 32.1. The largest absolute Gasteiger partial charge is 0.289 e. The molecule has 0 spiro atoms. The molecule has 0 N–H and O–H groups in total. The van der Waals surface area contributed by atoms with Gasteiger partial charge in [-0.25, -0.2) is 0 Å². The van der Waals surface area contributed by atoms with Crippen molar-refractivity contribution in [2.24, 2.45) is 0 Å². The minimum atomic E-state index is -0.217. The quantitative estimate of drug-likeness (QED) is 0.128. The van der Waals surface area contributed by atoms with Crippen molar-refractivity contribution in [3.8, 4) is 53.9 Å². The number of aromatic nitrogens is 4. The lowest BCUT2D eigenvalue weighted by Crippen LogP contribution is -2.15. The lowest BCUT2D eigenvalue weighted by molar-refractivity contribution is 0.104. The Hall–Kier alpha value is -6.55. The van der Waals surface area contributed by atoms with E-state index in [-0.39, 0.29) is 22.2 Å². The number of fused-ring (bicyclic) bond motifs is 14. The van der Waals surface area contributed by atoms with Crippen LogP contribution in [0.25, 0.3) is 105 Å². The normalized spacial score (nSPS) is 15.8. The zero-order valence-corrected chi connectivity index (χ0v) is 40.2. The lowest BCUT2D eigenvalue weighted by Gasteiger charge is -2.22. The molecule has 14 rings (SSSR count). The van der Waals surface area contributed by atoms with Crippen molar-refractivity contribution >= 4 is 138 Å². The van der Waals surface area contributed by atoms with Gasteiger partial charge in [0.15, 0.2) is 5.78 Å². The number of nitriles is 2. The van der Waals surface area contributed by atoms with E-state index in [1.54, 1.807) is 35.6 Å². The van der Waals surface area contributed by atoms with E-state index in [0.29, 0.717) is 33.4 Å². The van der Waals surface area contributed by atoms with Gasteiger partial charge in [0.2, 0.25) is 0 Å². The number of thiophene rings is 4. The van der Waals surface area contributed by atoms with Gasteiger partial charge in [0, 0.05) is 73.1 Å². The second kappa shape index (κ2) is 13.3. The molecule has 0 aliphatic heterocycles. The molecule has 11 aromatic rings. The van der Waals surface area contributed by atoms with E-state index in [0.717, 1.165) is 44.3 Å². The summed E-state index contributed by atoms with van der Waals surface area (Å²) in [5, 5.41) is 22.2. The van der Waals surface area contributed by atoms with Gasteiger partial charge >= 0.3 is 0 Å². The summed E-state index contributed by atoms with van der Waals surface area (Å²) in [4.78, 5) is 18.8. The third-order valence-electron chi connectivity index (χ3n) is 13.9. The molecular formula is C53H28N6OS6. The highest BCUT2D eigenvalue weighted by Crippen LogP contribution is 2.64. The van der Waals surface area contributed by atoms with Crippen LogP contribution >= 0.6 is 68.8 Å². The number of benzene rings is 5. The van der Waals surface area contributed by atoms with Crippen molar-refractivity contribution in [2.45, 2.75) is 38.5 Å². The zero-order chi connectivity index (χ0) is 44.5. The van der Waals surface area contributed by atoms with Crippen LogP contribution in [-0.2, 0) is 10.8 Å². The molecule has 312 valence electrons. The van der Waals surface area contributed by atoms with Crippen LogP contribution in [0.1, 0.15) is 71.4 Å². The minimum absolute atomic E-state index is 0.0912. The first kappa shape index (κ1) is 38.7. The number of ketones is 1. The first-order valence-electron chi connectivity index (χ1n) is 21.2. The molecule has 0 bridgehead atoms. The Morgan fingerprint density at radius 1 is 0.576 bits per heavy atom. The molecule has 0 radical (unpaired) electrons. The summed E-state index contributed by atoms with van der Waals surface area (Å²) in [6.45, 7) is 9.60. The van der Waals surface area contributed by atoms with Crippen LogP contribution in [0.5, 0.6) is 0 Å². The summed E-state index contributed by atoms with van der Waals surface area (Å²) in [6.07, 6.45) is 1.76. The van der Waals surface area contributed by atoms with Crippen LogP contribution in [0.2, 0.25) is 0 Å². The monoisotopic (exact) mass is 956 g/mol. The molecule has 0 unspecified atom stereocenters. The molecule has 0 amide bonds. The molecule has 5 aromatic carbocycles. The van der Waals surface area contributed by atoms with E-state index >= 15 is 0 Å². The maximum absolute atomic E-state index is 13.7. The van der Waals surface area contributed by atoms with Crippen molar-refractivity contribution in [1.29, 1.82) is 10.5 Å². The van der Waals surface area contributed by atoms with Crippen LogP contribution in [0, 0.1) is 22.7 Å². The van der Waals surface area contributed by atoms with Crippen molar-refractivity contribution in [3.05, 3.63) is 141 Å². The summed E-state index contributed by atoms with van der Waals surface area (Å²) >= 11 is 9.98. The summed E-state index contributed by atoms with van der Waals surface area (Å²) < 4.78 is 24.0. The molecule has 3 aliphatic rings. The molecule has 0 atom stereocenters. The average Bonchev–Trinajstić information content (AvgIpc) is 4.18. The fourth-order valence-electron chi connectivity index (χ4n) is 10.8. The van der Waals surface area contributed by atoms with Crippen molar-refractivity contribution < 1.29 is 4.79 Å². The maximum Gasteiger partial charge on any atom is 0.194 e. The molecule has 0 saturated carbocycles. The number of rotatable bonds is 3. The fraction of sp³-hybridized carbons (Fsp3) is 0.113. The van der Waals surface area contributed by atoms with Crippen molar-refractivity contribution in [1.82, 2.24) is 17.5 Å². The Morgan fingerprint density at radius 2 is 1.14 bits per heavy atom. The van der Waals surface area contributed by atoms with Crippen LogP contribution in [0.3, 0.4) is 0 Å². The Balaban J connectivity index is 0.849. The molecule has 0 fully saturated rings. The van der Waals surface area contributed by atoms with Gasteiger partial charge in [0.25, 0.3) is 0 Å². The predicted octanol–water partition coefficient (Wildman–Crippen LogP) is 15.4. The summed E-state index contributed by atoms with van der Waals surface area (Å²) in [7, 11) is 0. The third-order valence-corrected chi connectivity index (χ3v) is 19.9. The van der Waals surface area contributed by atoms with Gasteiger partial charge in [0.05, 0.1) is 32.9 Å². The Labute approximate surface area is 401 Å². The summed E-state index contributed by atoms with van der Waals surface area (Å²) in [5.74, 6) is -0.217. The average molecular weight is 957 g/mol. The fourth-order valence-corrected chi connectivity index (χ4v) is 17.7. The Morgan fingerprint density at radius 3 is 1.77 bits per heavy atom. The van der Waals surface area contributed by atoms with Crippen molar-refractivity contribution in [2.75, 3.05) is 0 Å². The van der Waals surface area contributed by atoms with Crippen LogP contribution < -0.4 is 0 Å². The lowest BCUT2D eigenvalue weighted by atomic mass is 9.81. The molecule has 66 heavy (non-hydrogen) atoms. The van der Waals surface area contributed by atoms with Crippen LogP contribution in [-0.4, -0.2) is 23.3 Å². The van der Waals surface area contributed by atoms with Gasteiger partial charge in [-0.2, -0.15) is 28.0 Å². The minimum Gasteiger partial charge on any atom is -0.289 e. The zero-order valence-electron chi connectivity index (χ0n) is 35.3. The van der Waals surface area contributed by atoms with E-state index in [1.807, 2.05) is 64.3 Å². The van der Waals surface area contributed by atoms with Gasteiger partial charge < -0.3 is 0 Å². The third kappa shape index (κ3) is 4.99. The molecular weight excluding hydrogens is 929 g/mol. The van der Waals surface area contributed by atoms with E-state index in [2.05, 4.69) is 91.0 Å². The molecule has 6 aromatic heterocycles. The summed E-state index contributed by atoms with van der Waals surface area (Å²) in [5.41, 5.74) is 15.9. The number of carbonyl (C=O) groups is 1. The molecule has 6 heterocycles. The van der Waals surface area contributed by atoms with Gasteiger partial charge in [0.1, 0.15) is 39.8 Å². The Kier molecular flexibility index (Phi) is 7.80. The number of hydrogen-bond donors (Lipinski definition) is 0. The molecule has 0 saturated heterocycles. The molecule has 7 nitrogen and oxygen atoms in total. The van der Waals surface area contributed by atoms with Gasteiger partial charge in [-0.1, -0.05) is 76.2 Å².